The molecule has 1 rings (SSSR count). The first-order valence-corrected chi connectivity index (χ1v) is 4.92. The highest BCUT2D eigenvalue weighted by Gasteiger charge is 2.24. The van der Waals surface area contributed by atoms with E-state index in [1.165, 1.54) is 0 Å². The maximum atomic E-state index is 5.37. The topological polar surface area (TPSA) is 30.5 Å². The van der Waals surface area contributed by atoms with E-state index in [-0.39, 0.29) is 5.60 Å². The van der Waals surface area contributed by atoms with Crippen LogP contribution in [0.3, 0.4) is 0 Å². The van der Waals surface area contributed by atoms with Crippen molar-refractivity contribution in [1.29, 1.82) is 0 Å². The molecule has 1 unspecified atom stereocenters. The van der Waals surface area contributed by atoms with Crippen LogP contribution in [0.5, 0.6) is 0 Å². The van der Waals surface area contributed by atoms with Crippen molar-refractivity contribution in [2.24, 2.45) is 0 Å². The van der Waals surface area contributed by atoms with Crippen LogP contribution in [0.1, 0.15) is 27.2 Å². The van der Waals surface area contributed by atoms with E-state index in [1.807, 2.05) is 0 Å². The van der Waals surface area contributed by atoms with Crippen LogP contribution in [-0.2, 0) is 9.47 Å². The van der Waals surface area contributed by atoms with E-state index in [0.29, 0.717) is 12.1 Å². The molecule has 0 radical (unpaired) electrons. The molecule has 0 aromatic rings. The molecule has 1 heterocycles. The fourth-order valence-electron chi connectivity index (χ4n) is 1.61. The van der Waals surface area contributed by atoms with E-state index in [4.69, 9.17) is 9.47 Å². The van der Waals surface area contributed by atoms with E-state index in [0.717, 1.165) is 19.6 Å². The summed E-state index contributed by atoms with van der Waals surface area (Å²) < 4.78 is 10.5. The molecule has 1 N–H and O–H groups in total. The summed E-state index contributed by atoms with van der Waals surface area (Å²) in [4.78, 5) is 0. The minimum absolute atomic E-state index is 0.0307. The van der Waals surface area contributed by atoms with Gasteiger partial charge in [0.1, 0.15) is 0 Å². The highest BCUT2D eigenvalue weighted by Crippen LogP contribution is 2.16. The minimum atomic E-state index is -0.0307. The molecule has 0 amide bonds. The first-order chi connectivity index (χ1) is 6.03. The minimum Gasteiger partial charge on any atom is -0.379 e. The Labute approximate surface area is 80.8 Å². The lowest BCUT2D eigenvalue weighted by Gasteiger charge is -2.33. The summed E-state index contributed by atoms with van der Waals surface area (Å²) in [7, 11) is 1.76. The van der Waals surface area contributed by atoms with Crippen molar-refractivity contribution in [1.82, 2.24) is 5.32 Å². The zero-order valence-corrected chi connectivity index (χ0v) is 9.09. The molecule has 1 saturated heterocycles. The number of ether oxygens (including phenoxy) is 2. The second-order valence-electron chi connectivity index (χ2n) is 4.47. The van der Waals surface area contributed by atoms with E-state index >= 15 is 0 Å². The van der Waals surface area contributed by atoms with Crippen molar-refractivity contribution in [3.05, 3.63) is 0 Å². The van der Waals surface area contributed by atoms with Crippen LogP contribution in [0.15, 0.2) is 0 Å². The predicted octanol–water partition coefficient (Wildman–Crippen LogP) is 1.18. The van der Waals surface area contributed by atoms with Gasteiger partial charge in [0.15, 0.2) is 0 Å². The van der Waals surface area contributed by atoms with Crippen molar-refractivity contribution >= 4 is 0 Å². The van der Waals surface area contributed by atoms with Gasteiger partial charge in [-0.1, -0.05) is 0 Å². The summed E-state index contributed by atoms with van der Waals surface area (Å²) in [5.74, 6) is 0. The monoisotopic (exact) mass is 187 g/mol. The molecule has 3 nitrogen and oxygen atoms in total. The maximum absolute atomic E-state index is 5.37. The van der Waals surface area contributed by atoms with Crippen LogP contribution in [-0.4, -0.2) is 38.0 Å². The number of methoxy groups -OCH3 is 1. The molecule has 1 atom stereocenters. The first-order valence-electron chi connectivity index (χ1n) is 4.92. The highest BCUT2D eigenvalue weighted by molar-refractivity contribution is 4.81. The van der Waals surface area contributed by atoms with Gasteiger partial charge in [-0.25, -0.2) is 0 Å². The average Bonchev–Trinajstić information content (AvgIpc) is 1.96. The normalized spacial score (nSPS) is 21.2. The summed E-state index contributed by atoms with van der Waals surface area (Å²) in [6, 6.07) is 1.05. The molecule has 1 fully saturated rings. The molecule has 1 aliphatic heterocycles. The van der Waals surface area contributed by atoms with E-state index in [1.54, 1.807) is 7.11 Å². The fourth-order valence-corrected chi connectivity index (χ4v) is 1.61. The molecule has 0 spiro atoms. The Hall–Kier alpha value is -0.120. The van der Waals surface area contributed by atoms with Gasteiger partial charge in [-0.3, -0.25) is 0 Å². The van der Waals surface area contributed by atoms with Gasteiger partial charge in [-0.05, 0) is 27.2 Å². The van der Waals surface area contributed by atoms with Crippen LogP contribution in [0.25, 0.3) is 0 Å². The van der Waals surface area contributed by atoms with Gasteiger partial charge in [0.2, 0.25) is 0 Å². The quantitative estimate of drug-likeness (QED) is 0.701. The van der Waals surface area contributed by atoms with Crippen molar-refractivity contribution < 1.29 is 9.47 Å². The lowest BCUT2D eigenvalue weighted by atomic mass is 9.99. The largest absolute Gasteiger partial charge is 0.379 e. The summed E-state index contributed by atoms with van der Waals surface area (Å²) >= 11 is 0. The number of hydrogen-bond donors (Lipinski definition) is 1. The Bertz CT molecular complexity index is 155. The van der Waals surface area contributed by atoms with Crippen LogP contribution in [0.2, 0.25) is 0 Å². The van der Waals surface area contributed by atoms with Crippen molar-refractivity contribution in [3.63, 3.8) is 0 Å². The second kappa shape index (κ2) is 4.40. The Kier molecular flexibility index (Phi) is 3.71. The summed E-state index contributed by atoms with van der Waals surface area (Å²) in [6.45, 7) is 8.14. The molecule has 1 aliphatic rings. The van der Waals surface area contributed by atoms with Gasteiger partial charge in [0, 0.05) is 13.2 Å². The summed E-state index contributed by atoms with van der Waals surface area (Å²) in [6.07, 6.45) is 1.03. The highest BCUT2D eigenvalue weighted by atomic mass is 16.5. The third-order valence-electron chi connectivity index (χ3n) is 2.51. The molecule has 0 bridgehead atoms. The molecular formula is C10H21NO2. The molecule has 3 heteroatoms. The number of rotatable bonds is 5. The van der Waals surface area contributed by atoms with Gasteiger partial charge in [-0.15, -0.1) is 0 Å². The Balaban J connectivity index is 2.19. The molecule has 0 aromatic heterocycles. The number of hydrogen-bond acceptors (Lipinski definition) is 3. The van der Waals surface area contributed by atoms with Gasteiger partial charge in [0.05, 0.1) is 24.9 Å². The van der Waals surface area contributed by atoms with Crippen molar-refractivity contribution in [3.8, 4) is 0 Å². The number of nitrogens with one attached hydrogen (secondary N) is 1. The third kappa shape index (κ3) is 3.63. The first kappa shape index (κ1) is 11.0. The lowest BCUT2D eigenvalue weighted by Crippen LogP contribution is -2.51. The van der Waals surface area contributed by atoms with Gasteiger partial charge >= 0.3 is 0 Å². The van der Waals surface area contributed by atoms with E-state index < -0.39 is 0 Å². The average molecular weight is 187 g/mol. The van der Waals surface area contributed by atoms with Crippen molar-refractivity contribution in [2.75, 3.05) is 20.3 Å². The zero-order valence-electron chi connectivity index (χ0n) is 9.09. The van der Waals surface area contributed by atoms with Gasteiger partial charge in [-0.2, -0.15) is 0 Å². The lowest BCUT2D eigenvalue weighted by molar-refractivity contribution is -0.0232. The Morgan fingerprint density at radius 2 is 2.15 bits per heavy atom. The SMILES string of the molecule is COC(C)(C)CC(C)NC1COC1. The van der Waals surface area contributed by atoms with Crippen LogP contribution in [0, 0.1) is 0 Å². The smallest absolute Gasteiger partial charge is 0.0643 e. The van der Waals surface area contributed by atoms with E-state index in [9.17, 15) is 0 Å². The Morgan fingerprint density at radius 3 is 2.54 bits per heavy atom. The molecule has 0 aliphatic carbocycles. The molecule has 0 saturated carbocycles. The Morgan fingerprint density at radius 1 is 1.54 bits per heavy atom. The summed E-state index contributed by atoms with van der Waals surface area (Å²) in [5.41, 5.74) is -0.0307. The second-order valence-corrected chi connectivity index (χ2v) is 4.47. The van der Waals surface area contributed by atoms with Crippen molar-refractivity contribution in [2.45, 2.75) is 44.9 Å². The third-order valence-corrected chi connectivity index (χ3v) is 2.51. The zero-order chi connectivity index (χ0) is 9.90. The predicted molar refractivity (Wildman–Crippen MR) is 52.9 cm³/mol. The molecule has 78 valence electrons. The van der Waals surface area contributed by atoms with Crippen LogP contribution in [0.4, 0.5) is 0 Å². The maximum Gasteiger partial charge on any atom is 0.0643 e. The molecular weight excluding hydrogens is 166 g/mol. The summed E-state index contributed by atoms with van der Waals surface area (Å²) in [5, 5.41) is 3.50. The standard InChI is InChI=1S/C10H21NO2/c1-8(5-10(2,3)12-4)11-9-6-13-7-9/h8-9,11H,5-7H2,1-4H3. The van der Waals surface area contributed by atoms with Gasteiger partial charge < -0.3 is 14.8 Å². The van der Waals surface area contributed by atoms with Crippen LogP contribution >= 0.6 is 0 Å². The molecule has 13 heavy (non-hydrogen) atoms. The fraction of sp³-hybridized carbons (Fsp3) is 1.00. The van der Waals surface area contributed by atoms with E-state index in [2.05, 4.69) is 26.1 Å². The molecule has 0 aromatic carbocycles. The van der Waals surface area contributed by atoms with Gasteiger partial charge in [0.25, 0.3) is 0 Å². The van der Waals surface area contributed by atoms with Crippen LogP contribution < -0.4 is 5.32 Å².